The summed E-state index contributed by atoms with van der Waals surface area (Å²) in [6, 6.07) is 17.5. The molecule has 7 nitrogen and oxygen atoms in total. The third-order valence-electron chi connectivity index (χ3n) is 5.05. The van der Waals surface area contributed by atoms with Gasteiger partial charge in [0, 0.05) is 0 Å². The first-order valence-electron chi connectivity index (χ1n) is 11.0. The fraction of sp³-hybridized carbons (Fsp3) is 0.154. The number of amides is 1. The summed E-state index contributed by atoms with van der Waals surface area (Å²) in [6.07, 6.45) is 1.71. The summed E-state index contributed by atoms with van der Waals surface area (Å²) >= 11 is 3.23. The highest BCUT2D eigenvalue weighted by atomic mass is 127. The molecular weight excluding hydrogens is 611 g/mol. The van der Waals surface area contributed by atoms with Gasteiger partial charge in [-0.1, -0.05) is 35.4 Å². The van der Waals surface area contributed by atoms with Crippen LogP contribution in [0.1, 0.15) is 23.6 Å². The normalized spacial score (nSPS) is 15.8. The van der Waals surface area contributed by atoms with Crippen LogP contribution in [0.4, 0.5) is 5.69 Å². The van der Waals surface area contributed by atoms with E-state index < -0.39 is 10.1 Å². The Morgan fingerprint density at radius 1 is 1.03 bits per heavy atom. The molecule has 186 valence electrons. The number of benzene rings is 3. The van der Waals surface area contributed by atoms with Crippen LogP contribution in [-0.4, -0.2) is 26.1 Å². The maximum atomic E-state index is 12.9. The summed E-state index contributed by atoms with van der Waals surface area (Å²) in [6.45, 7) is 5.97. The smallest absolute Gasteiger partial charge is 0.339 e. The van der Waals surface area contributed by atoms with Crippen LogP contribution < -0.4 is 14.2 Å². The molecule has 1 fully saturated rings. The molecule has 0 aliphatic carbocycles. The zero-order valence-corrected chi connectivity index (χ0v) is 23.5. The van der Waals surface area contributed by atoms with E-state index in [1.165, 1.54) is 23.9 Å². The third kappa shape index (κ3) is 6.29. The highest BCUT2D eigenvalue weighted by Gasteiger charge is 2.25. The van der Waals surface area contributed by atoms with E-state index >= 15 is 0 Å². The van der Waals surface area contributed by atoms with Crippen LogP contribution in [0.3, 0.4) is 0 Å². The number of aryl methyl sites for hydroxylation is 2. The molecule has 0 radical (unpaired) electrons. The quantitative estimate of drug-likeness (QED) is 0.196. The van der Waals surface area contributed by atoms with Crippen molar-refractivity contribution in [2.75, 3.05) is 6.61 Å². The molecule has 1 saturated heterocycles. The number of carbonyl (C=O) groups excluding carboxylic acids is 1. The van der Waals surface area contributed by atoms with Gasteiger partial charge in [-0.25, -0.2) is 4.99 Å². The lowest BCUT2D eigenvalue weighted by molar-refractivity contribution is -0.115. The van der Waals surface area contributed by atoms with Crippen molar-refractivity contribution >= 4 is 67.3 Å². The number of amidine groups is 1. The van der Waals surface area contributed by atoms with Crippen molar-refractivity contribution in [2.24, 2.45) is 4.99 Å². The molecule has 3 aromatic carbocycles. The lowest BCUT2D eigenvalue weighted by atomic mass is 10.2. The van der Waals surface area contributed by atoms with Gasteiger partial charge in [0.25, 0.3) is 5.91 Å². The van der Waals surface area contributed by atoms with Crippen LogP contribution in [0.15, 0.2) is 75.5 Å². The van der Waals surface area contributed by atoms with Gasteiger partial charge in [-0.15, -0.1) is 0 Å². The zero-order chi connectivity index (χ0) is 25.9. The van der Waals surface area contributed by atoms with E-state index in [0.717, 1.165) is 16.8 Å². The zero-order valence-electron chi connectivity index (χ0n) is 19.7. The van der Waals surface area contributed by atoms with Crippen LogP contribution in [0, 0.1) is 17.4 Å². The molecule has 10 heteroatoms. The molecule has 0 aromatic heterocycles. The average Bonchev–Trinajstić information content (AvgIpc) is 3.16. The minimum atomic E-state index is -4.06. The van der Waals surface area contributed by atoms with E-state index in [2.05, 4.69) is 10.3 Å². The monoisotopic (exact) mass is 634 g/mol. The molecule has 0 saturated carbocycles. The van der Waals surface area contributed by atoms with E-state index in [9.17, 15) is 13.2 Å². The highest BCUT2D eigenvalue weighted by Crippen LogP contribution is 2.38. The van der Waals surface area contributed by atoms with Gasteiger partial charge in [-0.05, 0) is 103 Å². The number of hydrogen-bond donors (Lipinski definition) is 1. The first kappa shape index (κ1) is 26.2. The number of aliphatic imine (C=N–C) groups is 1. The van der Waals surface area contributed by atoms with Crippen LogP contribution in [0.2, 0.25) is 0 Å². The summed E-state index contributed by atoms with van der Waals surface area (Å²) < 4.78 is 37.5. The van der Waals surface area contributed by atoms with Crippen molar-refractivity contribution in [3.05, 3.63) is 85.8 Å². The van der Waals surface area contributed by atoms with Gasteiger partial charge in [0.2, 0.25) is 0 Å². The van der Waals surface area contributed by atoms with Crippen molar-refractivity contribution in [1.29, 1.82) is 0 Å². The molecule has 1 heterocycles. The van der Waals surface area contributed by atoms with Crippen LogP contribution >= 0.6 is 34.4 Å². The Kier molecular flexibility index (Phi) is 8.06. The lowest BCUT2D eigenvalue weighted by Crippen LogP contribution is -2.19. The van der Waals surface area contributed by atoms with Gasteiger partial charge >= 0.3 is 10.1 Å². The molecule has 0 bridgehead atoms. The van der Waals surface area contributed by atoms with E-state index in [1.54, 1.807) is 37.3 Å². The fourth-order valence-corrected chi connectivity index (χ4v) is 5.93. The molecule has 1 aliphatic heterocycles. The number of nitrogens with one attached hydrogen (secondary N) is 1. The minimum Gasteiger partial charge on any atom is -0.490 e. The molecule has 0 atom stereocenters. The molecule has 1 aliphatic rings. The number of rotatable bonds is 7. The Morgan fingerprint density at radius 3 is 2.31 bits per heavy atom. The van der Waals surface area contributed by atoms with E-state index in [4.69, 9.17) is 8.92 Å². The largest absolute Gasteiger partial charge is 0.490 e. The summed E-state index contributed by atoms with van der Waals surface area (Å²) in [5.41, 5.74) is 3.48. The number of ether oxygens (including phenoxy) is 1. The summed E-state index contributed by atoms with van der Waals surface area (Å²) in [5, 5.41) is 3.26. The predicted octanol–water partition coefficient (Wildman–Crippen LogP) is 5.97. The number of nitrogens with zero attached hydrogens (tertiary/aromatic N) is 1. The van der Waals surface area contributed by atoms with Gasteiger partial charge in [-0.3, -0.25) is 4.79 Å². The number of carbonyl (C=O) groups is 1. The topological polar surface area (TPSA) is 94.1 Å². The molecule has 0 spiro atoms. The number of thioether (sulfide) groups is 1. The number of hydrogen-bond acceptors (Lipinski definition) is 7. The molecule has 4 rings (SSSR count). The first-order chi connectivity index (χ1) is 17.1. The van der Waals surface area contributed by atoms with Gasteiger partial charge in [0.05, 0.1) is 20.8 Å². The fourth-order valence-electron chi connectivity index (χ4n) is 3.25. The standard InChI is InChI=1S/C26H23IN2O5S2/c1-4-33-22-14-18(13-21(27)24(22)34-36(31,32)20-11-7-17(3)8-12-20)15-23-25(30)29-26(35-23)28-19-9-5-16(2)6-10-19/h5-15H,4H2,1-3H3,(H,28,29,30)/b23-15-. The molecule has 36 heavy (non-hydrogen) atoms. The molecule has 1 amide bonds. The Balaban J connectivity index is 1.62. The summed E-state index contributed by atoms with van der Waals surface area (Å²) in [7, 11) is -4.06. The lowest BCUT2D eigenvalue weighted by Gasteiger charge is -2.14. The van der Waals surface area contributed by atoms with Crippen molar-refractivity contribution in [3.63, 3.8) is 0 Å². The SMILES string of the molecule is CCOc1cc(/C=C2\SC(=Nc3ccc(C)cc3)NC2=O)cc(I)c1OS(=O)(=O)c1ccc(C)cc1. The van der Waals surface area contributed by atoms with Crippen molar-refractivity contribution in [1.82, 2.24) is 5.32 Å². The van der Waals surface area contributed by atoms with Crippen LogP contribution in [0.5, 0.6) is 11.5 Å². The van der Waals surface area contributed by atoms with E-state index in [-0.39, 0.29) is 22.3 Å². The Bertz CT molecular complexity index is 1470. The molecule has 0 unspecified atom stereocenters. The number of halogens is 1. The maximum Gasteiger partial charge on any atom is 0.339 e. The Morgan fingerprint density at radius 2 is 1.67 bits per heavy atom. The third-order valence-corrected chi connectivity index (χ3v) is 7.99. The van der Waals surface area contributed by atoms with Crippen molar-refractivity contribution in [2.45, 2.75) is 25.7 Å². The van der Waals surface area contributed by atoms with Gasteiger partial charge in [0.1, 0.15) is 4.90 Å². The summed E-state index contributed by atoms with van der Waals surface area (Å²) in [4.78, 5) is 17.5. The second-order valence-corrected chi connectivity index (χ2v) is 11.7. The summed E-state index contributed by atoms with van der Waals surface area (Å²) in [5.74, 6) is 0.107. The highest BCUT2D eigenvalue weighted by molar-refractivity contribution is 14.1. The average molecular weight is 635 g/mol. The first-order valence-corrected chi connectivity index (χ1v) is 14.3. The molecular formula is C26H23IN2O5S2. The van der Waals surface area contributed by atoms with Gasteiger partial charge in [-0.2, -0.15) is 8.42 Å². The maximum absolute atomic E-state index is 12.9. The van der Waals surface area contributed by atoms with E-state index in [1.807, 2.05) is 60.7 Å². The predicted molar refractivity (Wildman–Crippen MR) is 151 cm³/mol. The minimum absolute atomic E-state index is 0.0527. The molecule has 1 N–H and O–H groups in total. The Labute approximate surface area is 228 Å². The van der Waals surface area contributed by atoms with Gasteiger partial charge < -0.3 is 14.2 Å². The second kappa shape index (κ2) is 11.1. The molecule has 3 aromatic rings. The van der Waals surface area contributed by atoms with Crippen molar-refractivity contribution in [3.8, 4) is 11.5 Å². The van der Waals surface area contributed by atoms with E-state index in [0.29, 0.717) is 25.8 Å². The Hall–Kier alpha value is -2.83. The second-order valence-electron chi connectivity index (χ2n) is 7.93. The van der Waals surface area contributed by atoms with Gasteiger partial charge in [0.15, 0.2) is 16.7 Å². The van der Waals surface area contributed by atoms with Crippen LogP contribution in [-0.2, 0) is 14.9 Å². The van der Waals surface area contributed by atoms with Crippen molar-refractivity contribution < 1.29 is 22.1 Å². The van der Waals surface area contributed by atoms with Crippen LogP contribution in [0.25, 0.3) is 6.08 Å².